The summed E-state index contributed by atoms with van der Waals surface area (Å²) >= 11 is 0. The van der Waals surface area contributed by atoms with E-state index >= 15 is 0 Å². The lowest BCUT2D eigenvalue weighted by Crippen LogP contribution is -2.48. The molecule has 0 aromatic carbocycles. The van der Waals surface area contributed by atoms with Crippen LogP contribution in [0.15, 0.2) is 0 Å². The minimum atomic E-state index is 0.782. The van der Waals surface area contributed by atoms with E-state index in [1.165, 1.54) is 0 Å². The zero-order valence-corrected chi connectivity index (χ0v) is 4.76. The topological polar surface area (TPSA) is 50.5 Å². The highest BCUT2D eigenvalue weighted by molar-refractivity contribution is 4.53. The van der Waals surface area contributed by atoms with E-state index in [9.17, 15) is 0 Å². The van der Waals surface area contributed by atoms with Crippen molar-refractivity contribution in [1.29, 1.82) is 0 Å². The van der Waals surface area contributed by atoms with Crippen molar-refractivity contribution < 1.29 is 4.74 Å². The molecule has 1 heterocycles. The van der Waals surface area contributed by atoms with Crippen LogP contribution in [0.2, 0.25) is 0 Å². The van der Waals surface area contributed by atoms with Gasteiger partial charge < -0.3 is 4.74 Å². The fourth-order valence-corrected chi connectivity index (χ4v) is 0.692. The highest BCUT2D eigenvalue weighted by Crippen LogP contribution is 1.89. The summed E-state index contributed by atoms with van der Waals surface area (Å²) in [5.41, 5.74) is 2.56. The van der Waals surface area contributed by atoms with Crippen LogP contribution in [-0.2, 0) is 4.74 Å². The summed E-state index contributed by atoms with van der Waals surface area (Å²) in [5.74, 6) is 5.12. The molecule has 0 unspecified atom stereocenters. The molecule has 1 rings (SSSR count). The number of ether oxygens (including phenoxy) is 1. The Balaban J connectivity index is 2.13. The van der Waals surface area contributed by atoms with Gasteiger partial charge in [0.25, 0.3) is 0 Å². The highest BCUT2D eigenvalue weighted by Gasteiger charge is 2.06. The lowest BCUT2D eigenvalue weighted by Gasteiger charge is -2.24. The van der Waals surface area contributed by atoms with Crippen molar-refractivity contribution in [3.8, 4) is 0 Å². The molecule has 4 heteroatoms. The Bertz CT molecular complexity index is 62.3. The van der Waals surface area contributed by atoms with Gasteiger partial charge in [0.2, 0.25) is 0 Å². The molecule has 0 bridgehead atoms. The zero-order chi connectivity index (χ0) is 5.82. The van der Waals surface area contributed by atoms with Gasteiger partial charge >= 0.3 is 0 Å². The van der Waals surface area contributed by atoms with E-state index in [0.717, 1.165) is 26.3 Å². The van der Waals surface area contributed by atoms with Gasteiger partial charge in [0, 0.05) is 13.1 Å². The summed E-state index contributed by atoms with van der Waals surface area (Å²) in [6.45, 7) is 3.33. The number of hydrogen-bond acceptors (Lipinski definition) is 4. The first-order valence-electron chi connectivity index (χ1n) is 2.72. The van der Waals surface area contributed by atoms with Crippen LogP contribution in [0.1, 0.15) is 0 Å². The molecule has 0 spiro atoms. The van der Waals surface area contributed by atoms with E-state index in [1.807, 2.05) is 5.01 Å². The molecule has 1 aliphatic rings. The van der Waals surface area contributed by atoms with Gasteiger partial charge in [-0.1, -0.05) is 0 Å². The molecule has 3 N–H and O–H groups in total. The number of rotatable bonds is 1. The number of morpholine rings is 1. The zero-order valence-electron chi connectivity index (χ0n) is 4.76. The molecule has 1 fully saturated rings. The van der Waals surface area contributed by atoms with Crippen molar-refractivity contribution in [3.63, 3.8) is 0 Å². The fourth-order valence-electron chi connectivity index (χ4n) is 0.692. The van der Waals surface area contributed by atoms with Crippen LogP contribution in [-0.4, -0.2) is 31.3 Å². The molecule has 0 amide bonds. The quantitative estimate of drug-likeness (QED) is 0.331. The summed E-state index contributed by atoms with van der Waals surface area (Å²) in [6.07, 6.45) is 0. The molecular formula is C4H11N3O. The average Bonchev–Trinajstić information content (AvgIpc) is 1.90. The van der Waals surface area contributed by atoms with Crippen LogP contribution in [0.3, 0.4) is 0 Å². The first kappa shape index (κ1) is 5.97. The Kier molecular flexibility index (Phi) is 2.23. The van der Waals surface area contributed by atoms with E-state index in [4.69, 9.17) is 10.6 Å². The molecule has 1 aliphatic heterocycles. The minimum absolute atomic E-state index is 0.782. The van der Waals surface area contributed by atoms with Crippen molar-refractivity contribution in [2.75, 3.05) is 26.3 Å². The molecule has 0 aromatic heterocycles. The van der Waals surface area contributed by atoms with Crippen LogP contribution < -0.4 is 11.4 Å². The standard InChI is InChI=1S/C4H11N3O/c5-6-7-1-3-8-4-2-7/h6H,1-5H2. The van der Waals surface area contributed by atoms with Crippen LogP contribution in [0.4, 0.5) is 0 Å². The van der Waals surface area contributed by atoms with E-state index in [1.54, 1.807) is 0 Å². The molecule has 1 saturated heterocycles. The van der Waals surface area contributed by atoms with Gasteiger partial charge in [-0.15, -0.1) is 0 Å². The summed E-state index contributed by atoms with van der Waals surface area (Å²) < 4.78 is 5.06. The van der Waals surface area contributed by atoms with Crippen molar-refractivity contribution in [2.24, 2.45) is 5.84 Å². The van der Waals surface area contributed by atoms with E-state index in [-0.39, 0.29) is 0 Å². The van der Waals surface area contributed by atoms with E-state index in [0.29, 0.717) is 0 Å². The van der Waals surface area contributed by atoms with Gasteiger partial charge in [-0.25, -0.2) is 5.01 Å². The van der Waals surface area contributed by atoms with E-state index in [2.05, 4.69) is 5.53 Å². The highest BCUT2D eigenvalue weighted by atomic mass is 16.5. The maximum absolute atomic E-state index is 5.12. The van der Waals surface area contributed by atoms with Crippen LogP contribution in [0, 0.1) is 0 Å². The van der Waals surface area contributed by atoms with Crippen molar-refractivity contribution in [2.45, 2.75) is 0 Å². The molecule has 0 atom stereocenters. The lowest BCUT2D eigenvalue weighted by molar-refractivity contribution is 0.0120. The van der Waals surface area contributed by atoms with Gasteiger partial charge in [0.05, 0.1) is 13.2 Å². The molecule has 0 aliphatic carbocycles. The van der Waals surface area contributed by atoms with Gasteiger partial charge in [-0.3, -0.25) is 5.84 Å². The van der Waals surface area contributed by atoms with E-state index < -0.39 is 0 Å². The molecule has 8 heavy (non-hydrogen) atoms. The Hall–Kier alpha value is -0.160. The third-order valence-corrected chi connectivity index (χ3v) is 1.19. The van der Waals surface area contributed by atoms with Gasteiger partial charge in [0.1, 0.15) is 0 Å². The summed E-state index contributed by atoms with van der Waals surface area (Å²) in [4.78, 5) is 0. The van der Waals surface area contributed by atoms with Crippen molar-refractivity contribution in [3.05, 3.63) is 0 Å². The molecule has 48 valence electrons. The number of nitrogens with zero attached hydrogens (tertiary/aromatic N) is 1. The Labute approximate surface area is 48.5 Å². The molecule has 4 nitrogen and oxygen atoms in total. The maximum Gasteiger partial charge on any atom is 0.0608 e. The summed E-state index contributed by atoms with van der Waals surface area (Å²) in [7, 11) is 0. The molecule has 0 radical (unpaired) electrons. The van der Waals surface area contributed by atoms with Crippen LogP contribution in [0.5, 0.6) is 0 Å². The normalized spacial score (nSPS) is 23.6. The van der Waals surface area contributed by atoms with Gasteiger partial charge in [-0.2, -0.15) is 5.53 Å². The summed E-state index contributed by atoms with van der Waals surface area (Å²) in [5, 5.41) is 1.92. The Morgan fingerprint density at radius 3 is 2.38 bits per heavy atom. The third-order valence-electron chi connectivity index (χ3n) is 1.19. The number of hydrazine groups is 2. The lowest BCUT2D eigenvalue weighted by atomic mass is 10.5. The third kappa shape index (κ3) is 1.41. The first-order chi connectivity index (χ1) is 3.93. The van der Waals surface area contributed by atoms with Crippen molar-refractivity contribution in [1.82, 2.24) is 10.5 Å². The fraction of sp³-hybridized carbons (Fsp3) is 1.00. The Morgan fingerprint density at radius 2 is 2.00 bits per heavy atom. The van der Waals surface area contributed by atoms with Crippen LogP contribution in [0.25, 0.3) is 0 Å². The molecule has 0 aromatic rings. The molecular weight excluding hydrogens is 106 g/mol. The molecule has 0 saturated carbocycles. The predicted molar refractivity (Wildman–Crippen MR) is 29.7 cm³/mol. The second-order valence-corrected chi connectivity index (χ2v) is 1.73. The summed E-state index contributed by atoms with van der Waals surface area (Å²) in [6, 6.07) is 0. The smallest absolute Gasteiger partial charge is 0.0608 e. The maximum atomic E-state index is 5.12. The Morgan fingerprint density at radius 1 is 1.38 bits per heavy atom. The second kappa shape index (κ2) is 2.99. The largest absolute Gasteiger partial charge is 0.379 e. The minimum Gasteiger partial charge on any atom is -0.379 e. The van der Waals surface area contributed by atoms with Gasteiger partial charge in [0.15, 0.2) is 0 Å². The van der Waals surface area contributed by atoms with Crippen LogP contribution >= 0.6 is 0 Å². The average molecular weight is 117 g/mol. The van der Waals surface area contributed by atoms with Gasteiger partial charge in [-0.05, 0) is 0 Å². The SMILES string of the molecule is NNN1CCOCC1. The monoisotopic (exact) mass is 117 g/mol. The first-order valence-corrected chi connectivity index (χ1v) is 2.72. The number of nitrogens with one attached hydrogen (secondary N) is 1. The van der Waals surface area contributed by atoms with Crippen molar-refractivity contribution >= 4 is 0 Å². The number of hydrogen-bond donors (Lipinski definition) is 2. The predicted octanol–water partition coefficient (Wildman–Crippen LogP) is -1.30. The second-order valence-electron chi connectivity index (χ2n) is 1.73. The number of nitrogens with two attached hydrogens (primary N) is 1.